The lowest BCUT2D eigenvalue weighted by molar-refractivity contribution is -0.137. The second kappa shape index (κ2) is 8.62. The van der Waals surface area contributed by atoms with Crippen LogP contribution >= 0.6 is 0 Å². The first kappa shape index (κ1) is 19.4. The van der Waals surface area contributed by atoms with Crippen LogP contribution in [-0.2, 0) is 14.0 Å². The van der Waals surface area contributed by atoms with Crippen molar-refractivity contribution in [1.82, 2.24) is 0 Å². The van der Waals surface area contributed by atoms with Crippen LogP contribution in [0.25, 0.3) is 0 Å². The van der Waals surface area contributed by atoms with Crippen LogP contribution in [0.5, 0.6) is 0 Å². The number of rotatable bonds is 8. The van der Waals surface area contributed by atoms with Gasteiger partial charge in [0, 0.05) is 6.08 Å². The van der Waals surface area contributed by atoms with Gasteiger partial charge in [-0.2, -0.15) is 0 Å². The molecule has 0 rings (SSSR count). The van der Waals surface area contributed by atoms with Gasteiger partial charge in [-0.1, -0.05) is 41.5 Å². The molecule has 0 aliphatic carbocycles. The fourth-order valence-electron chi connectivity index (χ4n) is 3.17. The predicted molar refractivity (Wildman–Crippen MR) is 87.4 cm³/mol. The van der Waals surface area contributed by atoms with Gasteiger partial charge in [-0.25, -0.2) is 4.79 Å². The van der Waals surface area contributed by atoms with Crippen molar-refractivity contribution in [3.63, 3.8) is 0 Å². The maximum Gasteiger partial charge on any atom is 0.330 e. The highest BCUT2D eigenvalue weighted by molar-refractivity contribution is 6.77. The molecule has 0 amide bonds. The van der Waals surface area contributed by atoms with E-state index in [1.165, 1.54) is 0 Å². The molecule has 0 aliphatic rings. The maximum absolute atomic E-state index is 11.4. The Bertz CT molecular complexity index is 311. The first-order chi connectivity index (χ1) is 9.18. The van der Waals surface area contributed by atoms with Gasteiger partial charge < -0.3 is 9.16 Å². The van der Waals surface area contributed by atoms with Gasteiger partial charge >= 0.3 is 5.97 Å². The van der Waals surface area contributed by atoms with Gasteiger partial charge in [-0.15, -0.1) is 0 Å². The summed E-state index contributed by atoms with van der Waals surface area (Å²) in [4.78, 5) is 11.4. The van der Waals surface area contributed by atoms with Crippen LogP contribution < -0.4 is 0 Å². The number of carbonyl (C=O) groups is 1. The van der Waals surface area contributed by atoms with Gasteiger partial charge in [0.25, 0.3) is 0 Å². The molecule has 118 valence electrons. The molecule has 0 unspecified atom stereocenters. The molecule has 0 aliphatic heterocycles. The van der Waals surface area contributed by atoms with E-state index < -0.39 is 8.32 Å². The minimum Gasteiger partial charge on any atom is -0.463 e. The van der Waals surface area contributed by atoms with E-state index >= 15 is 0 Å². The molecule has 0 atom stereocenters. The third kappa shape index (κ3) is 5.06. The Labute approximate surface area is 125 Å². The molecule has 0 fully saturated rings. The Morgan fingerprint density at radius 3 is 1.85 bits per heavy atom. The third-order valence-electron chi connectivity index (χ3n) is 3.91. The van der Waals surface area contributed by atoms with Gasteiger partial charge in [0.05, 0.1) is 13.2 Å². The predicted octanol–water partition coefficient (Wildman–Crippen LogP) is 4.69. The maximum atomic E-state index is 11.4. The number of hydrogen-bond acceptors (Lipinski definition) is 3. The smallest absolute Gasteiger partial charge is 0.330 e. The fraction of sp³-hybridized carbons (Fsp3) is 0.812. The van der Waals surface area contributed by atoms with E-state index in [4.69, 9.17) is 9.16 Å². The van der Waals surface area contributed by atoms with Crippen molar-refractivity contribution < 1.29 is 14.0 Å². The molecule has 3 nitrogen and oxygen atoms in total. The average molecular weight is 301 g/mol. The second-order valence-electron chi connectivity index (χ2n) is 6.35. The molecule has 0 aromatic rings. The first-order valence-electron chi connectivity index (χ1n) is 7.66. The van der Waals surface area contributed by atoms with Crippen molar-refractivity contribution in [2.75, 3.05) is 13.2 Å². The lowest BCUT2D eigenvalue weighted by atomic mass is 10.3. The summed E-state index contributed by atoms with van der Waals surface area (Å²) in [5.41, 5.74) is 2.59. The summed E-state index contributed by atoms with van der Waals surface area (Å²) in [6.45, 7) is 18.2. The van der Waals surface area contributed by atoms with E-state index in [9.17, 15) is 4.79 Å². The highest BCUT2D eigenvalue weighted by Crippen LogP contribution is 2.42. The van der Waals surface area contributed by atoms with E-state index in [0.717, 1.165) is 5.57 Å². The number of carbonyl (C=O) groups excluding carboxylic acids is 1. The molecule has 0 aromatic carbocycles. The van der Waals surface area contributed by atoms with E-state index in [1.807, 2.05) is 13.8 Å². The molecule has 0 saturated carbocycles. The third-order valence-corrected chi connectivity index (χ3v) is 9.97. The summed E-state index contributed by atoms with van der Waals surface area (Å²) >= 11 is 0. The summed E-state index contributed by atoms with van der Waals surface area (Å²) in [6.07, 6.45) is 1.55. The standard InChI is InChI=1S/C16H32O3Si/c1-9-18-16(17)10-15(8)11-19-20(12(2)3,13(4)5)14(6)7/h10,12-14H,9,11H2,1-8H3. The zero-order chi connectivity index (χ0) is 15.9. The lowest BCUT2D eigenvalue weighted by Gasteiger charge is -2.42. The Morgan fingerprint density at radius 1 is 1.05 bits per heavy atom. The SMILES string of the molecule is CCOC(=O)C=C(C)CO[Si](C(C)C)(C(C)C)C(C)C. The second-order valence-corrected chi connectivity index (χ2v) is 11.8. The molecule has 0 N–H and O–H groups in total. The fourth-order valence-corrected chi connectivity index (χ4v) is 8.64. The Balaban J connectivity index is 4.91. The van der Waals surface area contributed by atoms with Crippen molar-refractivity contribution >= 4 is 14.3 Å². The number of ether oxygens (including phenoxy) is 1. The molecule has 0 aromatic heterocycles. The normalized spacial score (nSPS) is 13.4. The summed E-state index contributed by atoms with van der Waals surface area (Å²) in [7, 11) is -1.85. The van der Waals surface area contributed by atoms with Gasteiger partial charge in [0.15, 0.2) is 0 Å². The van der Waals surface area contributed by atoms with E-state index in [0.29, 0.717) is 29.8 Å². The number of esters is 1. The highest BCUT2D eigenvalue weighted by atomic mass is 28.4. The summed E-state index contributed by atoms with van der Waals surface area (Å²) in [6, 6.07) is 0. The molecular formula is C16H32O3Si. The summed E-state index contributed by atoms with van der Waals surface area (Å²) in [5.74, 6) is -0.278. The van der Waals surface area contributed by atoms with Crippen molar-refractivity contribution in [3.8, 4) is 0 Å². The van der Waals surface area contributed by atoms with Crippen molar-refractivity contribution in [2.24, 2.45) is 0 Å². The van der Waals surface area contributed by atoms with Crippen LogP contribution in [0.3, 0.4) is 0 Å². The topological polar surface area (TPSA) is 35.5 Å². The molecule has 0 radical (unpaired) electrons. The van der Waals surface area contributed by atoms with Crippen LogP contribution in [0, 0.1) is 0 Å². The molecule has 4 heteroatoms. The first-order valence-corrected chi connectivity index (χ1v) is 9.80. The molecule has 20 heavy (non-hydrogen) atoms. The van der Waals surface area contributed by atoms with E-state index in [-0.39, 0.29) is 5.97 Å². The van der Waals surface area contributed by atoms with Gasteiger partial charge in [0.1, 0.15) is 0 Å². The van der Waals surface area contributed by atoms with Crippen molar-refractivity contribution in [1.29, 1.82) is 0 Å². The van der Waals surface area contributed by atoms with Crippen molar-refractivity contribution in [2.45, 2.75) is 72.0 Å². The minimum absolute atomic E-state index is 0.278. The monoisotopic (exact) mass is 300 g/mol. The van der Waals surface area contributed by atoms with Crippen LogP contribution in [0.4, 0.5) is 0 Å². The zero-order valence-corrected chi connectivity index (χ0v) is 15.4. The summed E-state index contributed by atoms with van der Waals surface area (Å²) < 4.78 is 11.3. The van der Waals surface area contributed by atoms with Crippen molar-refractivity contribution in [3.05, 3.63) is 11.6 Å². The quantitative estimate of drug-likeness (QED) is 0.371. The Hall–Kier alpha value is -0.613. The Kier molecular flexibility index (Phi) is 8.36. The van der Waals surface area contributed by atoms with Crippen LogP contribution in [-0.4, -0.2) is 27.5 Å². The van der Waals surface area contributed by atoms with Gasteiger partial charge in [-0.05, 0) is 36.0 Å². The highest BCUT2D eigenvalue weighted by Gasteiger charge is 2.44. The van der Waals surface area contributed by atoms with E-state index in [2.05, 4.69) is 41.5 Å². The molecule has 0 bridgehead atoms. The molecule has 0 heterocycles. The number of hydrogen-bond donors (Lipinski definition) is 0. The Morgan fingerprint density at radius 2 is 1.50 bits per heavy atom. The van der Waals surface area contributed by atoms with Gasteiger partial charge in [-0.3, -0.25) is 0 Å². The van der Waals surface area contributed by atoms with Crippen LogP contribution in [0.15, 0.2) is 11.6 Å². The van der Waals surface area contributed by atoms with Crippen LogP contribution in [0.2, 0.25) is 16.6 Å². The van der Waals surface area contributed by atoms with Crippen LogP contribution in [0.1, 0.15) is 55.4 Å². The molecule has 0 spiro atoms. The van der Waals surface area contributed by atoms with E-state index in [1.54, 1.807) is 6.08 Å². The molecular weight excluding hydrogens is 268 g/mol. The molecule has 0 saturated heterocycles. The lowest BCUT2D eigenvalue weighted by Crippen LogP contribution is -2.48. The summed E-state index contributed by atoms with van der Waals surface area (Å²) in [5, 5.41) is 0. The van der Waals surface area contributed by atoms with Gasteiger partial charge in [0.2, 0.25) is 8.32 Å². The zero-order valence-electron chi connectivity index (χ0n) is 14.4. The largest absolute Gasteiger partial charge is 0.463 e. The average Bonchev–Trinajstić information content (AvgIpc) is 2.28. The minimum atomic E-state index is -1.85.